The molecule has 0 aliphatic heterocycles. The van der Waals surface area contributed by atoms with Gasteiger partial charge in [0.2, 0.25) is 5.56 Å². The molecule has 6 heteroatoms. The maximum Gasteiger partial charge on any atom is 0.255 e. The van der Waals surface area contributed by atoms with E-state index in [9.17, 15) is 9.59 Å². The van der Waals surface area contributed by atoms with E-state index in [-0.39, 0.29) is 17.0 Å². The Morgan fingerprint density at radius 3 is 2.50 bits per heavy atom. The number of oxime groups is 1. The number of aromatic amines is 1. The van der Waals surface area contributed by atoms with Crippen molar-refractivity contribution in [1.82, 2.24) is 4.98 Å². The first kappa shape index (κ1) is 13.5. The molecular formula is C14H13N3O3. The lowest BCUT2D eigenvalue weighted by Gasteiger charge is -2.06. The molecule has 2 aromatic rings. The Balaban J connectivity index is 2.14. The van der Waals surface area contributed by atoms with E-state index >= 15 is 0 Å². The summed E-state index contributed by atoms with van der Waals surface area (Å²) in [5.41, 5.74) is 1.78. The summed E-state index contributed by atoms with van der Waals surface area (Å²) in [7, 11) is 0. The summed E-state index contributed by atoms with van der Waals surface area (Å²) in [4.78, 5) is 25.5. The number of amides is 1. The highest BCUT2D eigenvalue weighted by Gasteiger charge is 2.06. The molecule has 0 bridgehead atoms. The summed E-state index contributed by atoms with van der Waals surface area (Å²) in [5, 5.41) is 14.4. The van der Waals surface area contributed by atoms with Crippen molar-refractivity contribution in [2.75, 3.05) is 5.32 Å². The first-order chi connectivity index (χ1) is 9.60. The van der Waals surface area contributed by atoms with Gasteiger partial charge in [0, 0.05) is 23.5 Å². The van der Waals surface area contributed by atoms with Gasteiger partial charge < -0.3 is 15.5 Å². The lowest BCUT2D eigenvalue weighted by molar-refractivity contribution is 0.102. The average molecular weight is 271 g/mol. The minimum absolute atomic E-state index is 0.283. The molecule has 1 aromatic carbocycles. The third-order valence-electron chi connectivity index (χ3n) is 2.75. The molecule has 0 fully saturated rings. The second kappa shape index (κ2) is 5.83. The van der Waals surface area contributed by atoms with Crippen molar-refractivity contribution in [3.05, 3.63) is 64.1 Å². The summed E-state index contributed by atoms with van der Waals surface area (Å²) in [5.74, 6) is -0.364. The smallest absolute Gasteiger partial charge is 0.255 e. The predicted molar refractivity (Wildman–Crippen MR) is 75.5 cm³/mol. The van der Waals surface area contributed by atoms with Crippen LogP contribution in [0.5, 0.6) is 0 Å². The van der Waals surface area contributed by atoms with Crippen LogP contribution in [-0.4, -0.2) is 21.8 Å². The van der Waals surface area contributed by atoms with Crippen LogP contribution in [0.1, 0.15) is 22.8 Å². The molecule has 0 spiro atoms. The Hall–Kier alpha value is -2.89. The number of nitrogens with zero attached hydrogens (tertiary/aromatic N) is 1. The fourth-order valence-corrected chi connectivity index (χ4v) is 1.64. The molecule has 0 unspecified atom stereocenters. The molecule has 102 valence electrons. The van der Waals surface area contributed by atoms with Gasteiger partial charge in [-0.1, -0.05) is 17.3 Å². The number of hydrogen-bond donors (Lipinski definition) is 3. The molecule has 0 radical (unpaired) electrons. The minimum atomic E-state index is -0.364. The second-order valence-electron chi connectivity index (χ2n) is 4.16. The SMILES string of the molecule is C/C(=N/O)c1ccc(NC(=O)c2cc[nH]c(=O)c2)cc1. The van der Waals surface area contributed by atoms with Gasteiger partial charge in [-0.25, -0.2) is 0 Å². The summed E-state index contributed by atoms with van der Waals surface area (Å²) in [6.07, 6.45) is 1.42. The van der Waals surface area contributed by atoms with Crippen LogP contribution in [0.15, 0.2) is 52.5 Å². The minimum Gasteiger partial charge on any atom is -0.411 e. The molecule has 0 saturated carbocycles. The van der Waals surface area contributed by atoms with Crippen LogP contribution in [0.3, 0.4) is 0 Å². The molecule has 0 saturated heterocycles. The van der Waals surface area contributed by atoms with Crippen LogP contribution in [0.25, 0.3) is 0 Å². The number of H-pyrrole nitrogens is 1. The largest absolute Gasteiger partial charge is 0.411 e. The van der Waals surface area contributed by atoms with Gasteiger partial charge in [-0.3, -0.25) is 9.59 Å². The van der Waals surface area contributed by atoms with Crippen LogP contribution in [0.4, 0.5) is 5.69 Å². The molecule has 0 atom stereocenters. The number of aromatic nitrogens is 1. The normalized spacial score (nSPS) is 11.2. The zero-order valence-electron chi connectivity index (χ0n) is 10.8. The predicted octanol–water partition coefficient (Wildman–Crippen LogP) is 1.83. The van der Waals surface area contributed by atoms with Gasteiger partial charge in [0.25, 0.3) is 5.91 Å². The van der Waals surface area contributed by atoms with Gasteiger partial charge in [-0.05, 0) is 30.7 Å². The molecule has 6 nitrogen and oxygen atoms in total. The third kappa shape index (κ3) is 3.11. The zero-order valence-corrected chi connectivity index (χ0v) is 10.8. The molecule has 0 aliphatic rings. The van der Waals surface area contributed by atoms with Crippen LogP contribution in [-0.2, 0) is 0 Å². The van der Waals surface area contributed by atoms with E-state index in [2.05, 4.69) is 15.5 Å². The Morgan fingerprint density at radius 2 is 1.90 bits per heavy atom. The number of benzene rings is 1. The van der Waals surface area contributed by atoms with Gasteiger partial charge in [0.05, 0.1) is 5.71 Å². The van der Waals surface area contributed by atoms with Crippen molar-refractivity contribution < 1.29 is 10.0 Å². The lowest BCUT2D eigenvalue weighted by Crippen LogP contribution is -2.15. The summed E-state index contributed by atoms with van der Waals surface area (Å²) in [6, 6.07) is 9.58. The fourth-order valence-electron chi connectivity index (χ4n) is 1.64. The van der Waals surface area contributed by atoms with Crippen LogP contribution < -0.4 is 10.9 Å². The third-order valence-corrected chi connectivity index (χ3v) is 2.75. The highest BCUT2D eigenvalue weighted by atomic mass is 16.4. The van der Waals surface area contributed by atoms with Crippen molar-refractivity contribution in [1.29, 1.82) is 0 Å². The van der Waals surface area contributed by atoms with E-state index in [1.165, 1.54) is 18.3 Å². The number of carbonyl (C=O) groups excluding carboxylic acids is 1. The standard InChI is InChI=1S/C14H13N3O3/c1-9(17-20)10-2-4-12(5-3-10)16-14(19)11-6-7-15-13(18)8-11/h2-8,20H,1H3,(H,15,18)(H,16,19)/b17-9-. The monoisotopic (exact) mass is 271 g/mol. The van der Waals surface area contributed by atoms with Gasteiger partial charge in [0.1, 0.15) is 0 Å². The number of anilines is 1. The number of carbonyl (C=O) groups is 1. The quantitative estimate of drug-likeness (QED) is 0.451. The summed E-state index contributed by atoms with van der Waals surface area (Å²) in [6.45, 7) is 1.67. The number of rotatable bonds is 3. The fraction of sp³-hybridized carbons (Fsp3) is 0.0714. The van der Waals surface area contributed by atoms with Crippen LogP contribution in [0, 0.1) is 0 Å². The highest BCUT2D eigenvalue weighted by Crippen LogP contribution is 2.11. The van der Waals surface area contributed by atoms with E-state index < -0.39 is 0 Å². The molecule has 1 aromatic heterocycles. The zero-order chi connectivity index (χ0) is 14.5. The molecular weight excluding hydrogens is 258 g/mol. The molecule has 1 heterocycles. The van der Waals surface area contributed by atoms with E-state index in [1.807, 2.05) is 0 Å². The summed E-state index contributed by atoms with van der Waals surface area (Å²) < 4.78 is 0. The van der Waals surface area contributed by atoms with E-state index in [0.717, 1.165) is 5.56 Å². The maximum absolute atomic E-state index is 11.9. The molecule has 2 rings (SSSR count). The maximum atomic E-state index is 11.9. The molecule has 1 amide bonds. The van der Waals surface area contributed by atoms with Gasteiger partial charge in [0.15, 0.2) is 0 Å². The van der Waals surface area contributed by atoms with E-state index in [0.29, 0.717) is 11.4 Å². The Morgan fingerprint density at radius 1 is 1.20 bits per heavy atom. The molecule has 0 aliphatic carbocycles. The van der Waals surface area contributed by atoms with Crippen molar-refractivity contribution in [3.8, 4) is 0 Å². The van der Waals surface area contributed by atoms with Crippen LogP contribution in [0.2, 0.25) is 0 Å². The first-order valence-corrected chi connectivity index (χ1v) is 5.89. The first-order valence-electron chi connectivity index (χ1n) is 5.89. The highest BCUT2D eigenvalue weighted by molar-refractivity contribution is 6.04. The summed E-state index contributed by atoms with van der Waals surface area (Å²) >= 11 is 0. The van der Waals surface area contributed by atoms with Gasteiger partial charge in [-0.2, -0.15) is 0 Å². The van der Waals surface area contributed by atoms with Crippen molar-refractivity contribution >= 4 is 17.3 Å². The van der Waals surface area contributed by atoms with Gasteiger partial charge >= 0.3 is 0 Å². The van der Waals surface area contributed by atoms with E-state index in [1.54, 1.807) is 31.2 Å². The molecule has 20 heavy (non-hydrogen) atoms. The Labute approximate surface area is 114 Å². The number of hydrogen-bond acceptors (Lipinski definition) is 4. The topological polar surface area (TPSA) is 94.6 Å². The van der Waals surface area contributed by atoms with Crippen molar-refractivity contribution in [2.24, 2.45) is 5.16 Å². The van der Waals surface area contributed by atoms with Crippen LogP contribution >= 0.6 is 0 Å². The van der Waals surface area contributed by atoms with Crippen molar-refractivity contribution in [2.45, 2.75) is 6.92 Å². The van der Waals surface area contributed by atoms with Crippen molar-refractivity contribution in [3.63, 3.8) is 0 Å². The van der Waals surface area contributed by atoms with Gasteiger partial charge in [-0.15, -0.1) is 0 Å². The lowest BCUT2D eigenvalue weighted by atomic mass is 10.1. The van der Waals surface area contributed by atoms with E-state index in [4.69, 9.17) is 5.21 Å². The molecule has 3 N–H and O–H groups in total. The Bertz CT molecular complexity index is 702. The second-order valence-corrected chi connectivity index (χ2v) is 4.16. The Kier molecular flexibility index (Phi) is 3.95. The average Bonchev–Trinajstić information content (AvgIpc) is 2.47. The number of nitrogens with one attached hydrogen (secondary N) is 2. The number of pyridine rings is 1.